The van der Waals surface area contributed by atoms with Crippen molar-refractivity contribution in [3.8, 4) is 5.82 Å². The first-order valence-corrected chi connectivity index (χ1v) is 10.2. The van der Waals surface area contributed by atoms with Crippen LogP contribution in [-0.4, -0.2) is 45.2 Å². The van der Waals surface area contributed by atoms with Crippen molar-refractivity contribution in [1.82, 2.24) is 25.2 Å². The molecule has 10 heteroatoms. The summed E-state index contributed by atoms with van der Waals surface area (Å²) in [7, 11) is 0. The van der Waals surface area contributed by atoms with Crippen molar-refractivity contribution in [2.45, 2.75) is 43.9 Å². The summed E-state index contributed by atoms with van der Waals surface area (Å²) < 4.78 is 39.6. The number of carbonyl (C=O) groups excluding carboxylic acids is 1. The molecule has 29 heavy (non-hydrogen) atoms. The van der Waals surface area contributed by atoms with Gasteiger partial charge in [-0.15, -0.1) is 11.3 Å². The van der Waals surface area contributed by atoms with Gasteiger partial charge in [0.1, 0.15) is 17.8 Å². The van der Waals surface area contributed by atoms with Crippen LogP contribution in [0.5, 0.6) is 0 Å². The fraction of sp³-hybridized carbons (Fsp3) is 0.421. The lowest BCUT2D eigenvalue weighted by Crippen LogP contribution is -2.44. The Balaban J connectivity index is 1.43. The minimum Gasteiger partial charge on any atom is -0.348 e. The molecule has 0 bridgehead atoms. The van der Waals surface area contributed by atoms with E-state index < -0.39 is 12.7 Å². The van der Waals surface area contributed by atoms with Crippen molar-refractivity contribution >= 4 is 27.3 Å². The van der Waals surface area contributed by atoms with Gasteiger partial charge in [-0.2, -0.15) is 13.2 Å². The molecule has 154 valence electrons. The summed E-state index contributed by atoms with van der Waals surface area (Å²) in [6.45, 7) is -0.976. The van der Waals surface area contributed by atoms with Gasteiger partial charge in [0.25, 0.3) is 5.91 Å². The molecule has 0 atom stereocenters. The van der Waals surface area contributed by atoms with Crippen molar-refractivity contribution in [3.05, 3.63) is 41.9 Å². The molecule has 1 amide bonds. The number of amides is 1. The van der Waals surface area contributed by atoms with Crippen LogP contribution in [0.15, 0.2) is 36.2 Å². The predicted molar refractivity (Wildman–Crippen MR) is 104 cm³/mol. The van der Waals surface area contributed by atoms with Gasteiger partial charge in [0.15, 0.2) is 0 Å². The quantitative estimate of drug-likeness (QED) is 0.657. The minimum absolute atomic E-state index is 0.0693. The van der Waals surface area contributed by atoms with Gasteiger partial charge in [0, 0.05) is 24.5 Å². The number of nitrogens with zero attached hydrogens (tertiary/aromatic N) is 3. The second-order valence-corrected chi connectivity index (χ2v) is 8.07. The minimum atomic E-state index is -4.21. The molecule has 3 aromatic heterocycles. The molecule has 1 aliphatic rings. The van der Waals surface area contributed by atoms with Gasteiger partial charge < -0.3 is 10.6 Å². The maximum Gasteiger partial charge on any atom is 0.401 e. The number of rotatable bonds is 5. The van der Waals surface area contributed by atoms with Gasteiger partial charge in [-0.3, -0.25) is 9.36 Å². The first kappa shape index (κ1) is 19.8. The smallest absolute Gasteiger partial charge is 0.348 e. The van der Waals surface area contributed by atoms with Crippen LogP contribution in [0.25, 0.3) is 15.9 Å². The molecule has 3 heterocycles. The Morgan fingerprint density at radius 2 is 2.00 bits per heavy atom. The summed E-state index contributed by atoms with van der Waals surface area (Å²) in [6.07, 6.45) is 3.28. The number of imidazole rings is 1. The summed E-state index contributed by atoms with van der Waals surface area (Å²) in [5.41, 5.74) is 0.360. The van der Waals surface area contributed by atoms with Crippen molar-refractivity contribution in [1.29, 1.82) is 0 Å². The number of pyridine rings is 1. The molecule has 0 aliphatic heterocycles. The van der Waals surface area contributed by atoms with Gasteiger partial charge in [-0.1, -0.05) is 0 Å². The molecule has 0 unspecified atom stereocenters. The topological polar surface area (TPSA) is 71.8 Å². The molecular formula is C19H20F3N5OS. The molecule has 6 nitrogen and oxygen atoms in total. The second-order valence-electron chi connectivity index (χ2n) is 7.16. The highest BCUT2D eigenvalue weighted by atomic mass is 32.1. The SMILES string of the molecule is O=C(NC1CCC(NCC(F)(F)F)CC1)c1nc(-n2ccnc2)cc2ccsc12. The standard InChI is InChI=1S/C19H20F3N5OS/c20-19(21,22)10-24-13-1-3-14(4-2-13)25-18(28)16-17-12(5-8-29-17)9-15(26-16)27-7-6-23-11-27/h5-9,11,13-14,24H,1-4,10H2,(H,25,28). The zero-order valence-electron chi connectivity index (χ0n) is 15.4. The molecule has 4 rings (SSSR count). The van der Waals surface area contributed by atoms with E-state index in [4.69, 9.17) is 0 Å². The fourth-order valence-electron chi connectivity index (χ4n) is 3.60. The van der Waals surface area contributed by atoms with Crippen molar-refractivity contribution < 1.29 is 18.0 Å². The third-order valence-electron chi connectivity index (χ3n) is 5.06. The van der Waals surface area contributed by atoms with Gasteiger partial charge >= 0.3 is 6.18 Å². The molecule has 1 aliphatic carbocycles. The van der Waals surface area contributed by atoms with Gasteiger partial charge in [-0.05, 0) is 48.6 Å². The number of alkyl halides is 3. The molecule has 1 saturated carbocycles. The number of carbonyl (C=O) groups is 1. The zero-order valence-corrected chi connectivity index (χ0v) is 16.3. The number of thiophene rings is 1. The lowest BCUT2D eigenvalue weighted by atomic mass is 9.91. The largest absolute Gasteiger partial charge is 0.401 e. The van der Waals surface area contributed by atoms with E-state index in [2.05, 4.69) is 20.6 Å². The molecule has 3 aromatic rings. The summed E-state index contributed by atoms with van der Waals surface area (Å²) in [5.74, 6) is 0.352. The Hall–Kier alpha value is -2.46. The number of halogens is 3. The first-order chi connectivity index (χ1) is 13.9. The third-order valence-corrected chi connectivity index (χ3v) is 6.00. The van der Waals surface area contributed by atoms with Crippen LogP contribution in [0.1, 0.15) is 36.2 Å². The summed E-state index contributed by atoms with van der Waals surface area (Å²) in [5, 5.41) is 8.41. The van der Waals surface area contributed by atoms with E-state index in [0.717, 1.165) is 10.1 Å². The Morgan fingerprint density at radius 3 is 2.69 bits per heavy atom. The molecule has 1 fully saturated rings. The van der Waals surface area contributed by atoms with Crippen LogP contribution in [0.2, 0.25) is 0 Å². The monoisotopic (exact) mass is 423 g/mol. The van der Waals surface area contributed by atoms with Gasteiger partial charge in [0.05, 0.1) is 11.2 Å². The van der Waals surface area contributed by atoms with Crippen LogP contribution in [-0.2, 0) is 0 Å². The number of hydrogen-bond donors (Lipinski definition) is 2. The lowest BCUT2D eigenvalue weighted by molar-refractivity contribution is -0.126. The van der Waals surface area contributed by atoms with E-state index >= 15 is 0 Å². The number of fused-ring (bicyclic) bond motifs is 1. The van der Waals surface area contributed by atoms with E-state index in [0.29, 0.717) is 37.2 Å². The Morgan fingerprint density at radius 1 is 1.24 bits per heavy atom. The van der Waals surface area contributed by atoms with Crippen LogP contribution in [0.4, 0.5) is 13.2 Å². The summed E-state index contributed by atoms with van der Waals surface area (Å²) >= 11 is 1.45. The third kappa shape index (κ3) is 4.76. The zero-order chi connectivity index (χ0) is 20.4. The van der Waals surface area contributed by atoms with Gasteiger partial charge in [-0.25, -0.2) is 9.97 Å². The van der Waals surface area contributed by atoms with E-state index in [1.165, 1.54) is 11.3 Å². The average molecular weight is 423 g/mol. The van der Waals surface area contributed by atoms with Crippen LogP contribution < -0.4 is 10.6 Å². The molecule has 0 aromatic carbocycles. The van der Waals surface area contributed by atoms with Gasteiger partial charge in [0.2, 0.25) is 0 Å². The molecule has 0 spiro atoms. The number of hydrogen-bond acceptors (Lipinski definition) is 5. The van der Waals surface area contributed by atoms with Crippen molar-refractivity contribution in [2.75, 3.05) is 6.54 Å². The molecule has 0 radical (unpaired) electrons. The Kier molecular flexibility index (Phi) is 5.55. The maximum absolute atomic E-state index is 12.9. The second kappa shape index (κ2) is 8.11. The van der Waals surface area contributed by atoms with E-state index in [9.17, 15) is 18.0 Å². The number of nitrogens with one attached hydrogen (secondary N) is 2. The van der Waals surface area contributed by atoms with Crippen LogP contribution in [0.3, 0.4) is 0 Å². The normalized spacial score (nSPS) is 20.1. The lowest BCUT2D eigenvalue weighted by Gasteiger charge is -2.30. The molecule has 2 N–H and O–H groups in total. The molecule has 0 saturated heterocycles. The maximum atomic E-state index is 12.9. The highest BCUT2D eigenvalue weighted by Gasteiger charge is 2.30. The van der Waals surface area contributed by atoms with E-state index in [-0.39, 0.29) is 18.0 Å². The van der Waals surface area contributed by atoms with Crippen molar-refractivity contribution in [2.24, 2.45) is 0 Å². The van der Waals surface area contributed by atoms with Crippen molar-refractivity contribution in [3.63, 3.8) is 0 Å². The highest BCUT2D eigenvalue weighted by molar-refractivity contribution is 7.17. The van der Waals surface area contributed by atoms with E-state index in [1.54, 1.807) is 23.3 Å². The first-order valence-electron chi connectivity index (χ1n) is 9.36. The number of aromatic nitrogens is 3. The predicted octanol–water partition coefficient (Wildman–Crippen LogP) is 3.67. The van der Waals surface area contributed by atoms with Crippen LogP contribution >= 0.6 is 11.3 Å². The van der Waals surface area contributed by atoms with E-state index in [1.807, 2.05) is 17.5 Å². The fourth-order valence-corrected chi connectivity index (χ4v) is 4.46. The summed E-state index contributed by atoms with van der Waals surface area (Å²) in [4.78, 5) is 21.5. The summed E-state index contributed by atoms with van der Waals surface area (Å²) in [6, 6.07) is 3.61. The molecular weight excluding hydrogens is 403 g/mol. The highest BCUT2D eigenvalue weighted by Crippen LogP contribution is 2.27. The Labute approximate surface area is 169 Å². The Bertz CT molecular complexity index is 978. The van der Waals surface area contributed by atoms with Crippen LogP contribution in [0, 0.1) is 0 Å². The average Bonchev–Trinajstić information content (AvgIpc) is 3.37.